The first-order valence-corrected chi connectivity index (χ1v) is 24.5. The highest BCUT2D eigenvalue weighted by Gasteiger charge is 2.20. The number of carbonyl (C=O) groups is 1. The highest BCUT2D eigenvalue weighted by molar-refractivity contribution is 7.45. The molecule has 0 rings (SSSR count). The zero-order valence-corrected chi connectivity index (χ0v) is 38.4. The monoisotopic (exact) mass is 822 g/mol. The maximum Gasteiger partial charge on any atom is 0.306 e. The predicted molar refractivity (Wildman–Crippen MR) is 240 cm³/mol. The summed E-state index contributed by atoms with van der Waals surface area (Å²) in [5.41, 5.74) is 0. The van der Waals surface area contributed by atoms with Gasteiger partial charge in [-0.05, 0) is 70.6 Å². The van der Waals surface area contributed by atoms with E-state index in [9.17, 15) is 14.3 Å². The van der Waals surface area contributed by atoms with Crippen LogP contribution in [0.5, 0.6) is 0 Å². The second-order valence-electron chi connectivity index (χ2n) is 16.4. The first-order chi connectivity index (χ1) is 27.6. The lowest BCUT2D eigenvalue weighted by Crippen LogP contribution is -2.37. The average molecular weight is 822 g/mol. The number of allylic oxidation sites excluding steroid dienone is 10. The summed E-state index contributed by atoms with van der Waals surface area (Å²) in [5, 5.41) is 0. The zero-order valence-electron chi connectivity index (χ0n) is 37.5. The molecule has 8 nitrogen and oxygen atoms in total. The number of ether oxygens (including phenoxy) is 2. The third kappa shape index (κ3) is 45.1. The molecule has 0 aromatic heterocycles. The van der Waals surface area contributed by atoms with Gasteiger partial charge in [0.1, 0.15) is 19.3 Å². The van der Waals surface area contributed by atoms with Crippen molar-refractivity contribution in [2.45, 2.75) is 187 Å². The molecule has 0 aromatic rings. The lowest BCUT2D eigenvalue weighted by atomic mass is 10.1. The largest absolute Gasteiger partial charge is 0.756 e. The van der Waals surface area contributed by atoms with Crippen molar-refractivity contribution in [3.05, 3.63) is 60.8 Å². The molecule has 0 aliphatic heterocycles. The van der Waals surface area contributed by atoms with E-state index in [0.717, 1.165) is 70.6 Å². The van der Waals surface area contributed by atoms with Crippen molar-refractivity contribution in [3.8, 4) is 0 Å². The number of phosphoric ester groups is 1. The number of carbonyl (C=O) groups excluding carboxylic acids is 1. The molecule has 2 atom stereocenters. The molecule has 0 N–H and O–H groups in total. The zero-order chi connectivity index (χ0) is 42.0. The molecule has 0 amide bonds. The van der Waals surface area contributed by atoms with Gasteiger partial charge in [-0.15, -0.1) is 0 Å². The van der Waals surface area contributed by atoms with Gasteiger partial charge in [-0.2, -0.15) is 0 Å². The Morgan fingerprint density at radius 2 is 1.02 bits per heavy atom. The Hall–Kier alpha value is -1.80. The Bertz CT molecular complexity index is 1090. The van der Waals surface area contributed by atoms with Gasteiger partial charge < -0.3 is 27.9 Å². The smallest absolute Gasteiger partial charge is 0.306 e. The molecule has 0 aromatic carbocycles. The molecule has 0 saturated heterocycles. The van der Waals surface area contributed by atoms with Gasteiger partial charge in [-0.25, -0.2) is 0 Å². The predicted octanol–water partition coefficient (Wildman–Crippen LogP) is 13.1. The van der Waals surface area contributed by atoms with Crippen LogP contribution in [0.2, 0.25) is 0 Å². The number of likely N-dealkylation sites (N-methyl/N-ethyl adjacent to an activating group) is 1. The van der Waals surface area contributed by atoms with E-state index in [1.54, 1.807) is 0 Å². The number of hydrogen-bond acceptors (Lipinski definition) is 7. The minimum atomic E-state index is -4.53. The van der Waals surface area contributed by atoms with Gasteiger partial charge in [0.25, 0.3) is 7.82 Å². The summed E-state index contributed by atoms with van der Waals surface area (Å²) in [6.07, 6.45) is 51.0. The summed E-state index contributed by atoms with van der Waals surface area (Å²) < 4.78 is 34.6. The van der Waals surface area contributed by atoms with Crippen molar-refractivity contribution in [1.82, 2.24) is 0 Å². The van der Waals surface area contributed by atoms with E-state index < -0.39 is 13.9 Å². The number of hydrogen-bond donors (Lipinski definition) is 0. The van der Waals surface area contributed by atoms with E-state index >= 15 is 0 Å². The van der Waals surface area contributed by atoms with Gasteiger partial charge >= 0.3 is 5.97 Å². The van der Waals surface area contributed by atoms with E-state index in [1.165, 1.54) is 89.9 Å². The van der Waals surface area contributed by atoms with E-state index in [-0.39, 0.29) is 25.8 Å². The van der Waals surface area contributed by atoms with Crippen LogP contribution in [0, 0.1) is 0 Å². The number of esters is 1. The minimum Gasteiger partial charge on any atom is -0.756 e. The van der Waals surface area contributed by atoms with Gasteiger partial charge in [0.05, 0.1) is 34.4 Å². The van der Waals surface area contributed by atoms with Gasteiger partial charge in [0.15, 0.2) is 0 Å². The van der Waals surface area contributed by atoms with Crippen LogP contribution in [0.3, 0.4) is 0 Å². The molecule has 9 heteroatoms. The Morgan fingerprint density at radius 1 is 0.561 bits per heavy atom. The fourth-order valence-electron chi connectivity index (χ4n) is 5.99. The first kappa shape index (κ1) is 55.2. The van der Waals surface area contributed by atoms with Crippen molar-refractivity contribution in [1.29, 1.82) is 0 Å². The van der Waals surface area contributed by atoms with Crippen LogP contribution in [0.4, 0.5) is 0 Å². The highest BCUT2D eigenvalue weighted by Crippen LogP contribution is 2.38. The standard InChI is InChI=1S/C48H88NO7P/c1-6-8-10-12-14-16-18-19-20-21-22-23-24-25-26-27-28-29-30-32-34-36-38-40-43-53-45-47(46-55-57(51,52)54-44-42-49(3,4)5)56-48(50)41-39-37-35-33-31-17-15-13-11-9-7-2/h8,10,13-16,19-20,22-23,47H,6-7,9,11-12,17-18,21,24-46H2,1-5H3/b10-8-,15-13-,16-14-,20-19-,23-22-. The molecule has 0 heterocycles. The molecule has 0 aliphatic rings. The molecule has 2 unspecified atom stereocenters. The number of nitrogens with zero attached hydrogens (tertiary/aromatic N) is 1. The quantitative estimate of drug-likeness (QED) is 0.0199. The number of rotatable bonds is 42. The van der Waals surface area contributed by atoms with Crippen LogP contribution < -0.4 is 4.89 Å². The molecule has 57 heavy (non-hydrogen) atoms. The van der Waals surface area contributed by atoms with Crippen molar-refractivity contribution in [2.24, 2.45) is 0 Å². The Morgan fingerprint density at radius 3 is 1.54 bits per heavy atom. The van der Waals surface area contributed by atoms with Crippen molar-refractivity contribution < 1.29 is 37.3 Å². The fraction of sp³-hybridized carbons (Fsp3) is 0.771. The number of phosphoric acid groups is 1. The van der Waals surface area contributed by atoms with Crippen LogP contribution in [0.1, 0.15) is 181 Å². The first-order valence-electron chi connectivity index (χ1n) is 23.0. The van der Waals surface area contributed by atoms with Crippen LogP contribution >= 0.6 is 7.82 Å². The summed E-state index contributed by atoms with van der Waals surface area (Å²) in [6, 6.07) is 0. The second-order valence-corrected chi connectivity index (χ2v) is 17.8. The molecule has 332 valence electrons. The Kier molecular flexibility index (Phi) is 39.7. The maximum atomic E-state index is 12.6. The summed E-state index contributed by atoms with van der Waals surface area (Å²) >= 11 is 0. The normalized spacial score (nSPS) is 14.3. The van der Waals surface area contributed by atoms with Crippen LogP contribution in [-0.2, 0) is 27.9 Å². The van der Waals surface area contributed by atoms with E-state index in [2.05, 4.69) is 74.6 Å². The third-order valence-electron chi connectivity index (χ3n) is 9.55. The molecule has 0 spiro atoms. The molecule has 0 fully saturated rings. The SMILES string of the molecule is CC/C=C\C/C=C\C/C=C\C/C=C\CCCCCCCCCCCCCOCC(COP(=O)([O-])OCC[N+](C)(C)C)OC(=O)CCCCCCC/C=C\CCCC. The average Bonchev–Trinajstić information content (AvgIpc) is 3.16. The summed E-state index contributed by atoms with van der Waals surface area (Å²) in [6.45, 7) is 5.24. The van der Waals surface area contributed by atoms with E-state index in [1.807, 2.05) is 21.1 Å². The lowest BCUT2D eigenvalue weighted by Gasteiger charge is -2.28. The molecule has 0 saturated carbocycles. The molecular weight excluding hydrogens is 734 g/mol. The van der Waals surface area contributed by atoms with Gasteiger partial charge in [0.2, 0.25) is 0 Å². The lowest BCUT2D eigenvalue weighted by molar-refractivity contribution is -0.870. The number of quaternary nitrogens is 1. The third-order valence-corrected chi connectivity index (χ3v) is 10.5. The summed E-state index contributed by atoms with van der Waals surface area (Å²) in [7, 11) is 1.34. The van der Waals surface area contributed by atoms with Gasteiger partial charge in [-0.1, -0.05) is 164 Å². The topological polar surface area (TPSA) is 94.1 Å². The summed E-state index contributed by atoms with van der Waals surface area (Å²) in [4.78, 5) is 25.0. The molecule has 0 aliphatic carbocycles. The molecule has 0 bridgehead atoms. The van der Waals surface area contributed by atoms with Crippen molar-refractivity contribution >= 4 is 13.8 Å². The Balaban J connectivity index is 4.11. The Labute approximate surface area is 351 Å². The summed E-state index contributed by atoms with van der Waals surface area (Å²) in [5.74, 6) is -0.348. The van der Waals surface area contributed by atoms with E-state index in [4.69, 9.17) is 18.5 Å². The highest BCUT2D eigenvalue weighted by atomic mass is 31.2. The second kappa shape index (κ2) is 41.0. The van der Waals surface area contributed by atoms with Crippen LogP contribution in [-0.4, -0.2) is 70.7 Å². The van der Waals surface area contributed by atoms with Gasteiger partial charge in [0, 0.05) is 13.0 Å². The fourth-order valence-corrected chi connectivity index (χ4v) is 6.72. The van der Waals surface area contributed by atoms with Gasteiger partial charge in [-0.3, -0.25) is 9.36 Å². The maximum absolute atomic E-state index is 12.6. The molecular formula is C48H88NO7P. The van der Waals surface area contributed by atoms with Crippen molar-refractivity contribution in [2.75, 3.05) is 54.1 Å². The van der Waals surface area contributed by atoms with Crippen LogP contribution in [0.25, 0.3) is 0 Å². The van der Waals surface area contributed by atoms with Crippen LogP contribution in [0.15, 0.2) is 60.8 Å². The number of unbranched alkanes of at least 4 members (excludes halogenated alkanes) is 18. The van der Waals surface area contributed by atoms with E-state index in [0.29, 0.717) is 24.1 Å². The van der Waals surface area contributed by atoms with Crippen molar-refractivity contribution in [3.63, 3.8) is 0 Å². The molecule has 0 radical (unpaired) electrons. The minimum absolute atomic E-state index is 0.0220.